The highest BCUT2D eigenvalue weighted by atomic mass is 35.5. The molecule has 0 saturated heterocycles. The number of anilines is 5. The minimum atomic E-state index is -0.414. The van der Waals surface area contributed by atoms with E-state index in [0.29, 0.717) is 22.5 Å². The predicted octanol–water partition coefficient (Wildman–Crippen LogP) is 6.72. The van der Waals surface area contributed by atoms with Crippen molar-refractivity contribution in [1.82, 2.24) is 19.9 Å². The van der Waals surface area contributed by atoms with E-state index in [-0.39, 0.29) is 5.69 Å². The number of nitrogens with one attached hydrogen (secondary N) is 3. The van der Waals surface area contributed by atoms with Crippen molar-refractivity contribution in [3.8, 4) is 11.3 Å². The topological polar surface area (TPSA) is 87.7 Å². The molecule has 0 aliphatic carbocycles. The molecule has 0 amide bonds. The summed E-state index contributed by atoms with van der Waals surface area (Å²) in [7, 11) is 1.81. The number of halogens is 2. The van der Waals surface area contributed by atoms with Crippen LogP contribution in [0.15, 0.2) is 73.3 Å². The van der Waals surface area contributed by atoms with Gasteiger partial charge in [-0.1, -0.05) is 23.7 Å². The molecule has 0 bridgehead atoms. The zero-order valence-corrected chi connectivity index (χ0v) is 19.7. The third kappa shape index (κ3) is 4.56. The summed E-state index contributed by atoms with van der Waals surface area (Å²) in [5, 5.41) is 11.8. The SMILES string of the molecule is CNc1cc(-c2cccnc2Nc2c(C)ccc3c(Nc4cc(Cl)ccc4F)nccc23)ncn1. The number of fused-ring (bicyclic) bond motifs is 1. The highest BCUT2D eigenvalue weighted by Crippen LogP contribution is 2.36. The minimum absolute atomic E-state index is 0.253. The van der Waals surface area contributed by atoms with Crippen molar-refractivity contribution >= 4 is 51.2 Å². The number of rotatable bonds is 6. The van der Waals surface area contributed by atoms with E-state index in [1.807, 2.05) is 50.4 Å². The Labute approximate surface area is 206 Å². The lowest BCUT2D eigenvalue weighted by atomic mass is 10.0. The van der Waals surface area contributed by atoms with Gasteiger partial charge in [0, 0.05) is 46.9 Å². The van der Waals surface area contributed by atoms with Crippen LogP contribution in [0.4, 0.5) is 33.2 Å². The van der Waals surface area contributed by atoms with Gasteiger partial charge in [0.25, 0.3) is 0 Å². The van der Waals surface area contributed by atoms with Gasteiger partial charge in [0.15, 0.2) is 0 Å². The third-order valence-corrected chi connectivity index (χ3v) is 5.82. The molecule has 0 saturated carbocycles. The average molecular weight is 486 g/mol. The highest BCUT2D eigenvalue weighted by molar-refractivity contribution is 6.30. The predicted molar refractivity (Wildman–Crippen MR) is 139 cm³/mol. The molecule has 2 aromatic carbocycles. The van der Waals surface area contributed by atoms with Crippen LogP contribution < -0.4 is 16.0 Å². The molecule has 9 heteroatoms. The number of aryl methyl sites for hydroxylation is 1. The summed E-state index contributed by atoms with van der Waals surface area (Å²) in [6.07, 6.45) is 4.92. The van der Waals surface area contributed by atoms with E-state index < -0.39 is 5.82 Å². The van der Waals surface area contributed by atoms with Crippen molar-refractivity contribution in [2.75, 3.05) is 23.0 Å². The Bertz CT molecular complexity index is 1540. The first-order valence-electron chi connectivity index (χ1n) is 10.9. The summed E-state index contributed by atoms with van der Waals surface area (Å²) in [5.74, 6) is 1.46. The van der Waals surface area contributed by atoms with Gasteiger partial charge in [0.1, 0.15) is 29.6 Å². The van der Waals surface area contributed by atoms with Crippen LogP contribution in [0.5, 0.6) is 0 Å². The third-order valence-electron chi connectivity index (χ3n) is 5.59. The van der Waals surface area contributed by atoms with Crippen LogP contribution in [-0.2, 0) is 0 Å². The van der Waals surface area contributed by atoms with Crippen LogP contribution in [0.1, 0.15) is 5.56 Å². The molecule has 0 unspecified atom stereocenters. The van der Waals surface area contributed by atoms with Crippen molar-refractivity contribution < 1.29 is 4.39 Å². The van der Waals surface area contributed by atoms with Gasteiger partial charge >= 0.3 is 0 Å². The van der Waals surface area contributed by atoms with Crippen LogP contribution in [0.2, 0.25) is 5.02 Å². The Morgan fingerprint density at radius 3 is 2.54 bits per heavy atom. The van der Waals surface area contributed by atoms with Gasteiger partial charge in [-0.15, -0.1) is 0 Å². The van der Waals surface area contributed by atoms with Gasteiger partial charge in [-0.25, -0.2) is 24.3 Å². The lowest BCUT2D eigenvalue weighted by molar-refractivity contribution is 0.632. The fourth-order valence-electron chi connectivity index (χ4n) is 3.82. The molecular weight excluding hydrogens is 465 g/mol. The normalized spacial score (nSPS) is 10.9. The largest absolute Gasteiger partial charge is 0.373 e. The number of benzene rings is 2. The molecule has 35 heavy (non-hydrogen) atoms. The Hall–Kier alpha value is -4.30. The monoisotopic (exact) mass is 485 g/mol. The first-order chi connectivity index (χ1) is 17.0. The second-order valence-corrected chi connectivity index (χ2v) is 8.26. The molecule has 3 heterocycles. The second-order valence-electron chi connectivity index (χ2n) is 7.82. The van der Waals surface area contributed by atoms with Gasteiger partial charge < -0.3 is 16.0 Å². The van der Waals surface area contributed by atoms with Crippen LogP contribution in [0.3, 0.4) is 0 Å². The lowest BCUT2D eigenvalue weighted by Crippen LogP contribution is -2.02. The number of nitrogens with zero attached hydrogens (tertiary/aromatic N) is 4. The Balaban J connectivity index is 1.58. The van der Waals surface area contributed by atoms with Crippen LogP contribution in [0.25, 0.3) is 22.0 Å². The molecule has 0 fully saturated rings. The minimum Gasteiger partial charge on any atom is -0.373 e. The van der Waals surface area contributed by atoms with E-state index in [1.54, 1.807) is 12.4 Å². The van der Waals surface area contributed by atoms with E-state index in [1.165, 1.54) is 24.5 Å². The molecule has 0 aliphatic heterocycles. The fraction of sp³-hybridized carbons (Fsp3) is 0.0769. The van der Waals surface area contributed by atoms with Gasteiger partial charge in [0.2, 0.25) is 0 Å². The molecule has 0 aliphatic rings. The van der Waals surface area contributed by atoms with Crippen molar-refractivity contribution in [2.45, 2.75) is 6.92 Å². The number of pyridine rings is 2. The maximum atomic E-state index is 14.4. The molecule has 3 N–H and O–H groups in total. The van der Waals surface area contributed by atoms with Crippen LogP contribution >= 0.6 is 11.6 Å². The van der Waals surface area contributed by atoms with Crippen molar-refractivity contribution in [3.63, 3.8) is 0 Å². The molecular formula is C26H21ClFN7. The molecule has 7 nitrogen and oxygen atoms in total. The molecule has 0 radical (unpaired) electrons. The average Bonchev–Trinajstić information content (AvgIpc) is 2.88. The summed E-state index contributed by atoms with van der Waals surface area (Å²) in [6.45, 7) is 2.01. The van der Waals surface area contributed by atoms with Crippen LogP contribution in [-0.4, -0.2) is 27.0 Å². The second kappa shape index (κ2) is 9.52. The number of hydrogen-bond acceptors (Lipinski definition) is 7. The Kier molecular flexibility index (Phi) is 6.12. The van der Waals surface area contributed by atoms with Crippen molar-refractivity contribution in [3.05, 3.63) is 89.7 Å². The van der Waals surface area contributed by atoms with Crippen molar-refractivity contribution in [2.24, 2.45) is 0 Å². The molecule has 0 atom stereocenters. The molecule has 3 aromatic heterocycles. The van der Waals surface area contributed by atoms with E-state index in [0.717, 1.165) is 33.3 Å². The van der Waals surface area contributed by atoms with Crippen LogP contribution in [0, 0.1) is 12.7 Å². The van der Waals surface area contributed by atoms with Gasteiger partial charge in [-0.3, -0.25) is 0 Å². The summed E-state index contributed by atoms with van der Waals surface area (Å²) < 4.78 is 14.4. The maximum absolute atomic E-state index is 14.4. The summed E-state index contributed by atoms with van der Waals surface area (Å²) >= 11 is 6.06. The van der Waals surface area contributed by atoms with E-state index in [9.17, 15) is 4.39 Å². The Morgan fingerprint density at radius 1 is 0.829 bits per heavy atom. The first kappa shape index (κ1) is 22.5. The molecule has 0 spiro atoms. The Morgan fingerprint density at radius 2 is 1.69 bits per heavy atom. The maximum Gasteiger partial charge on any atom is 0.146 e. The standard InChI is InChI=1S/C26H21ClFN7/c1-15-5-7-18-17(9-11-31-25(18)34-22-12-16(27)6-8-20(22)28)24(15)35-26-19(4-3-10-30-26)21-13-23(29-2)33-14-32-21/h3-14H,1-2H3,(H,30,35)(H,31,34)(H,29,32,33). The quantitative estimate of drug-likeness (QED) is 0.246. The summed E-state index contributed by atoms with van der Waals surface area (Å²) in [6, 6.07) is 15.9. The lowest BCUT2D eigenvalue weighted by Gasteiger charge is -2.17. The van der Waals surface area contributed by atoms with E-state index in [4.69, 9.17) is 11.6 Å². The van der Waals surface area contributed by atoms with Crippen molar-refractivity contribution in [1.29, 1.82) is 0 Å². The first-order valence-corrected chi connectivity index (χ1v) is 11.2. The summed E-state index contributed by atoms with van der Waals surface area (Å²) in [4.78, 5) is 17.6. The van der Waals surface area contributed by atoms with Gasteiger partial charge in [-0.2, -0.15) is 0 Å². The molecule has 5 rings (SSSR count). The zero-order chi connectivity index (χ0) is 24.4. The highest BCUT2D eigenvalue weighted by Gasteiger charge is 2.14. The van der Waals surface area contributed by atoms with Gasteiger partial charge in [-0.05, 0) is 48.9 Å². The summed E-state index contributed by atoms with van der Waals surface area (Å²) in [5.41, 5.74) is 3.69. The fourth-order valence-corrected chi connectivity index (χ4v) is 3.99. The number of hydrogen-bond donors (Lipinski definition) is 3. The number of aromatic nitrogens is 4. The molecule has 174 valence electrons. The molecule has 5 aromatic rings. The zero-order valence-electron chi connectivity index (χ0n) is 19.0. The van der Waals surface area contributed by atoms with E-state index in [2.05, 4.69) is 35.9 Å². The smallest absolute Gasteiger partial charge is 0.146 e. The van der Waals surface area contributed by atoms with Gasteiger partial charge in [0.05, 0.1) is 17.1 Å². The van der Waals surface area contributed by atoms with E-state index >= 15 is 0 Å².